The van der Waals surface area contributed by atoms with Gasteiger partial charge in [0.25, 0.3) is 23.6 Å². The molecular formula is C77H142N10O39S2Si3. The Bertz CT molecular complexity index is 3280. The first-order valence-electron chi connectivity index (χ1n) is 41.5. The second-order valence-electron chi connectivity index (χ2n) is 27.2. The number of amides is 10. The molecule has 131 heavy (non-hydrogen) atoms. The van der Waals surface area contributed by atoms with Crippen molar-refractivity contribution in [3.05, 3.63) is 12.2 Å². The maximum Gasteiger partial charge on any atom is 0.500 e. The predicted octanol–water partition coefficient (Wildman–Crippen LogP) is -1.37. The maximum atomic E-state index is 12.7. The quantitative estimate of drug-likeness (QED) is 0.0145. The molecule has 0 bridgehead atoms. The Kier molecular flexibility index (Phi) is 81.3. The third kappa shape index (κ3) is 62.0. The van der Waals surface area contributed by atoms with Crippen LogP contribution in [0.3, 0.4) is 0 Å². The Hall–Kier alpha value is -8.33. The van der Waals surface area contributed by atoms with Gasteiger partial charge in [0.05, 0.1) is 57.7 Å². The van der Waals surface area contributed by atoms with Crippen molar-refractivity contribution in [3.8, 4) is 0 Å². The third-order valence-electron chi connectivity index (χ3n) is 18.3. The van der Waals surface area contributed by atoms with Gasteiger partial charge in [-0.05, 0) is 76.5 Å². The summed E-state index contributed by atoms with van der Waals surface area (Å²) in [7, 11) is 10.1. The fourth-order valence-electron chi connectivity index (χ4n) is 11.4. The molecule has 3 aliphatic heterocycles. The lowest BCUT2D eigenvalue weighted by Crippen LogP contribution is -2.46. The highest BCUT2D eigenvalue weighted by Gasteiger charge is 2.41. The van der Waals surface area contributed by atoms with Crippen LogP contribution in [-0.4, -0.2) is 416 Å². The monoisotopic (exact) mass is 1980 g/mol. The predicted molar refractivity (Wildman–Crippen MR) is 477 cm³/mol. The summed E-state index contributed by atoms with van der Waals surface area (Å²) in [5.74, 6) is -11.8. The van der Waals surface area contributed by atoms with E-state index < -0.39 is 147 Å². The summed E-state index contributed by atoms with van der Waals surface area (Å²) in [6.07, 6.45) is 8.77. The summed E-state index contributed by atoms with van der Waals surface area (Å²) in [4.78, 5) is 216. The van der Waals surface area contributed by atoms with Gasteiger partial charge in [0.15, 0.2) is 0 Å². The van der Waals surface area contributed by atoms with E-state index >= 15 is 0 Å². The molecule has 0 spiro atoms. The number of carboxylic acids is 6. The zero-order valence-electron chi connectivity index (χ0n) is 77.3. The molecule has 3 unspecified atom stereocenters. The van der Waals surface area contributed by atoms with Crippen LogP contribution < -0.4 is 27.0 Å². The number of hydrogen-bond donors (Lipinski definition) is 15. The maximum absolute atomic E-state index is 12.7. The molecule has 3 atom stereocenters. The number of hydrogen-bond acceptors (Lipinski definition) is 38. The van der Waals surface area contributed by atoms with Crippen molar-refractivity contribution in [2.75, 3.05) is 195 Å². The number of ketones is 1. The first-order valence-corrected chi connectivity index (χ1v) is 49.0. The van der Waals surface area contributed by atoms with Crippen LogP contribution in [-0.2, 0) is 140 Å². The SMILES string of the molecule is CCCC[Si](OC)(OC)OC.CO.CO.CO.CO[Si](CCCN)(OC)OC.CO[Si](CCCNC(=O)CCOCCNC(=O)CCN1C(=O)CC(SCCC(=O)NCCCCC(C(=O)O)N(CC(=O)O)CC(=O)O)C1=O)(OC)OC.O=C(CCCOCCC(=O)ON1C(=O)CCC1=O)CCN1C(=O)C=CC1=O.O=C(O)CN(CC(=O)O)C(CCCCNC(=O)CCS)C(=O)O. The van der Waals surface area contributed by atoms with Gasteiger partial charge >= 0.3 is 68.2 Å². The van der Waals surface area contributed by atoms with Crippen LogP contribution in [0, 0.1) is 0 Å². The number of carbonyl (C=O) groups is 18. The van der Waals surface area contributed by atoms with E-state index in [1.807, 2.05) is 0 Å². The number of aliphatic hydroxyl groups is 3. The number of thiol groups is 1. The molecule has 2 fully saturated rings. The number of ether oxygens (including phenoxy) is 2. The molecule has 3 rings (SSSR count). The van der Waals surface area contributed by atoms with Crippen LogP contribution in [0.5, 0.6) is 0 Å². The standard InChI is InChI=1S/C31H53N5O15SSi.C17H20N2O8.C13H22N2O7S.C7H18O3Si.C6H17NO3Si.3CH4O/c1-48-53(49-2,50-3)18-6-12-33-25(38)9-15-51-16-13-34-24(37)8-14-36-27(40)19-23(30(36)45)52-17-10-26(39)32-11-5-4-7-22(31(46)47)35(20-28(41)42)21-29(43)44;20-12(7-9-18-13(21)3-4-14(18)22)2-1-10-26-11-8-17(25)27-19-15(23)5-6-16(19)24;16-10(4-6-23)14-5-2-1-3-9(13(21)22)15(7-11(17)18)8-12(19)20;1-5-6-7-11(8-2,9-3)10-4;1-8-11(9-2,10-3)6-4-5-7;3*1-2/h22-23H,4-21H2,1-3H3,(H,32,39)(H,33,38)(H,34,37)(H,41,42)(H,43,44)(H,46,47);3-4H,1-2,5-11H2;9,23H,1-8H2,(H,14,16)(H,17,18)(H,19,20)(H,21,22);5-7H2,1-4H3;4-7H2,1-3H3;3*2H,1H3. The second-order valence-corrected chi connectivity index (χ2v) is 38.2. The van der Waals surface area contributed by atoms with Gasteiger partial charge in [0, 0.05) is 225 Å². The minimum atomic E-state index is -2.68. The zero-order valence-corrected chi connectivity index (χ0v) is 82.0. The number of unbranched alkanes of at least 4 members (excludes halogenated alkanes) is 3. The number of Topliss-reactive ketones (excluding diaryl/α,β-unsaturated/α-hetero) is 1. The van der Waals surface area contributed by atoms with Crippen molar-refractivity contribution in [2.45, 2.75) is 177 Å². The summed E-state index contributed by atoms with van der Waals surface area (Å²) in [6.45, 7) is 1.74. The van der Waals surface area contributed by atoms with E-state index in [2.05, 4.69) is 45.7 Å². The number of nitrogens with zero attached hydrogens (tertiary/aromatic N) is 5. The van der Waals surface area contributed by atoms with E-state index in [1.165, 1.54) is 33.5 Å². The molecule has 758 valence electrons. The molecule has 0 aromatic carbocycles. The average molecular weight is 1980 g/mol. The topological polar surface area (TPSA) is 690 Å². The van der Waals surface area contributed by atoms with Gasteiger partial charge in [-0.3, -0.25) is 101 Å². The smallest absolute Gasteiger partial charge is 0.480 e. The number of nitrogens with two attached hydrogens (primary N) is 1. The summed E-state index contributed by atoms with van der Waals surface area (Å²) in [5.41, 5.74) is 5.36. The average Bonchev–Trinajstić information content (AvgIpc) is 1.69. The van der Waals surface area contributed by atoms with Crippen molar-refractivity contribution < 1.29 is 186 Å². The van der Waals surface area contributed by atoms with Crippen molar-refractivity contribution >= 4 is 157 Å². The minimum absolute atomic E-state index is 0.0150. The number of imide groups is 3. The molecule has 2 saturated heterocycles. The number of nitrogens with one attached hydrogen (secondary N) is 4. The number of thioether (sulfide) groups is 1. The lowest BCUT2D eigenvalue weighted by molar-refractivity contribution is -0.198. The van der Waals surface area contributed by atoms with Gasteiger partial charge in [-0.2, -0.15) is 12.6 Å². The van der Waals surface area contributed by atoms with Crippen LogP contribution in [0.15, 0.2) is 12.2 Å². The second kappa shape index (κ2) is 81.2. The Morgan fingerprint density at radius 2 is 0.840 bits per heavy atom. The summed E-state index contributed by atoms with van der Waals surface area (Å²) >= 11 is 5.08. The van der Waals surface area contributed by atoms with Crippen molar-refractivity contribution in [1.29, 1.82) is 0 Å². The first-order chi connectivity index (χ1) is 62.3. The number of carbonyl (C=O) groups excluding carboxylic acids is 12. The molecule has 10 amide bonds. The van der Waals surface area contributed by atoms with Gasteiger partial charge in [-0.25, -0.2) is 4.79 Å². The van der Waals surface area contributed by atoms with Crippen LogP contribution >= 0.6 is 24.4 Å². The lowest BCUT2D eigenvalue weighted by atomic mass is 10.1. The van der Waals surface area contributed by atoms with Gasteiger partial charge in [0.1, 0.15) is 17.9 Å². The zero-order chi connectivity index (χ0) is 101. The molecule has 0 aromatic heterocycles. The Balaban J connectivity index is -0.000000564. The van der Waals surface area contributed by atoms with Gasteiger partial charge in [-0.15, -0.1) is 16.8 Å². The van der Waals surface area contributed by atoms with Crippen LogP contribution in [0.2, 0.25) is 18.1 Å². The molecule has 0 radical (unpaired) electrons. The number of aliphatic carboxylic acids is 6. The van der Waals surface area contributed by atoms with Crippen LogP contribution in [0.4, 0.5) is 0 Å². The van der Waals surface area contributed by atoms with Gasteiger partial charge in [0.2, 0.25) is 35.4 Å². The van der Waals surface area contributed by atoms with Gasteiger partial charge < -0.3 is 127 Å². The first kappa shape index (κ1) is 131. The van der Waals surface area contributed by atoms with E-state index in [0.717, 1.165) is 84.0 Å². The van der Waals surface area contributed by atoms with E-state index in [9.17, 15) is 96.5 Å². The number of rotatable bonds is 67. The molecule has 3 aliphatic rings. The summed E-state index contributed by atoms with van der Waals surface area (Å²) in [6, 6.07) is -0.261. The van der Waals surface area contributed by atoms with E-state index in [4.69, 9.17) is 90.8 Å². The highest BCUT2D eigenvalue weighted by molar-refractivity contribution is 8.00. The largest absolute Gasteiger partial charge is 0.500 e. The van der Waals surface area contributed by atoms with E-state index in [0.29, 0.717) is 75.0 Å². The molecular weight excluding hydrogens is 1840 g/mol. The summed E-state index contributed by atoms with van der Waals surface area (Å²) < 4.78 is 57.8. The minimum Gasteiger partial charge on any atom is -0.480 e. The fourth-order valence-corrected chi connectivity index (χ4v) is 18.1. The molecule has 0 saturated carbocycles. The molecule has 49 nitrogen and oxygen atoms in total. The molecule has 0 aromatic rings. The highest BCUT2D eigenvalue weighted by atomic mass is 32.2. The van der Waals surface area contributed by atoms with Gasteiger partial charge in [-0.1, -0.05) is 13.3 Å². The fraction of sp³-hybridized carbons (Fsp3) is 0.740. The molecule has 0 aliphatic carbocycles. The number of carboxylic acid groups (broad SMARTS) is 6. The van der Waals surface area contributed by atoms with Crippen molar-refractivity contribution in [2.24, 2.45) is 5.73 Å². The number of likely N-dealkylation sites (tertiary alicyclic amines) is 1. The number of hydroxylamine groups is 2. The molecule has 15 N–H and O–H groups in total. The normalized spacial score (nSPS) is 13.7. The third-order valence-corrected chi connectivity index (χ3v) is 28.2. The Labute approximate surface area is 776 Å². The Morgan fingerprint density at radius 3 is 1.25 bits per heavy atom. The van der Waals surface area contributed by atoms with Crippen LogP contribution in [0.25, 0.3) is 0 Å². The molecule has 54 heteroatoms. The summed E-state index contributed by atoms with van der Waals surface area (Å²) in [5, 5.41) is 85.7. The highest BCUT2D eigenvalue weighted by Crippen LogP contribution is 2.27. The van der Waals surface area contributed by atoms with E-state index in [1.54, 1.807) is 42.7 Å². The number of aliphatic hydroxyl groups excluding tert-OH is 3. The molecule has 3 heterocycles. The Morgan fingerprint density at radius 1 is 0.458 bits per heavy atom. The lowest BCUT2D eigenvalue weighted by Gasteiger charge is -2.25. The van der Waals surface area contributed by atoms with Crippen LogP contribution in [0.1, 0.15) is 142 Å². The van der Waals surface area contributed by atoms with Crippen molar-refractivity contribution in [1.82, 2.24) is 45.9 Å². The van der Waals surface area contributed by atoms with Crippen molar-refractivity contribution in [3.63, 3.8) is 0 Å². The van der Waals surface area contributed by atoms with E-state index in [-0.39, 0.29) is 165 Å².